The standard InChI is InChI=1S/C14H18N4O3S2/c1-4-12(19)15-13-16-17-14(22-13)23(20,21)18(3)9-11-7-5-10(2)6-8-11/h5-8H,4,9H2,1-3H3,(H,15,16,19). The molecule has 0 aliphatic carbocycles. The number of aromatic nitrogens is 2. The molecule has 23 heavy (non-hydrogen) atoms. The van der Waals surface area contributed by atoms with Crippen molar-refractivity contribution in [3.05, 3.63) is 35.4 Å². The van der Waals surface area contributed by atoms with E-state index in [0.29, 0.717) is 0 Å². The highest BCUT2D eigenvalue weighted by Crippen LogP contribution is 2.23. The van der Waals surface area contributed by atoms with Crippen molar-refractivity contribution in [3.8, 4) is 0 Å². The van der Waals surface area contributed by atoms with E-state index in [1.807, 2.05) is 31.2 Å². The highest BCUT2D eigenvalue weighted by molar-refractivity contribution is 7.91. The summed E-state index contributed by atoms with van der Waals surface area (Å²) in [6, 6.07) is 7.63. The topological polar surface area (TPSA) is 92.3 Å². The van der Waals surface area contributed by atoms with Gasteiger partial charge in [0, 0.05) is 20.0 Å². The normalized spacial score (nSPS) is 11.7. The number of aryl methyl sites for hydroxylation is 1. The van der Waals surface area contributed by atoms with Crippen LogP contribution < -0.4 is 5.32 Å². The summed E-state index contributed by atoms with van der Waals surface area (Å²) in [5.74, 6) is -0.238. The summed E-state index contributed by atoms with van der Waals surface area (Å²) in [7, 11) is -2.26. The van der Waals surface area contributed by atoms with Gasteiger partial charge in [-0.2, -0.15) is 4.31 Å². The Balaban J connectivity index is 2.13. The molecule has 0 aliphatic heterocycles. The van der Waals surface area contributed by atoms with Crippen molar-refractivity contribution >= 4 is 32.4 Å². The van der Waals surface area contributed by atoms with Gasteiger partial charge in [0.1, 0.15) is 0 Å². The molecule has 0 spiro atoms. The summed E-state index contributed by atoms with van der Waals surface area (Å²) >= 11 is 0.841. The molecule has 0 saturated heterocycles. The van der Waals surface area contributed by atoms with Crippen LogP contribution in [0.5, 0.6) is 0 Å². The Kier molecular flexibility index (Phi) is 5.45. The minimum atomic E-state index is -3.74. The van der Waals surface area contributed by atoms with Crippen molar-refractivity contribution in [2.24, 2.45) is 0 Å². The van der Waals surface area contributed by atoms with E-state index < -0.39 is 10.0 Å². The summed E-state index contributed by atoms with van der Waals surface area (Å²) in [5, 5.41) is 10.1. The minimum absolute atomic E-state index is 0.140. The van der Waals surface area contributed by atoms with E-state index in [1.165, 1.54) is 11.4 Å². The average molecular weight is 354 g/mol. The summed E-state index contributed by atoms with van der Waals surface area (Å²) in [4.78, 5) is 11.3. The largest absolute Gasteiger partial charge is 0.301 e. The van der Waals surface area contributed by atoms with Crippen molar-refractivity contribution < 1.29 is 13.2 Å². The van der Waals surface area contributed by atoms with Gasteiger partial charge < -0.3 is 5.32 Å². The second kappa shape index (κ2) is 7.16. The fraction of sp³-hybridized carbons (Fsp3) is 0.357. The van der Waals surface area contributed by atoms with E-state index in [1.54, 1.807) is 6.92 Å². The van der Waals surface area contributed by atoms with Crippen molar-refractivity contribution in [2.45, 2.75) is 31.2 Å². The van der Waals surface area contributed by atoms with E-state index >= 15 is 0 Å². The van der Waals surface area contributed by atoms with E-state index in [9.17, 15) is 13.2 Å². The molecule has 1 N–H and O–H groups in total. The number of nitrogens with zero attached hydrogens (tertiary/aromatic N) is 3. The summed E-state index contributed by atoms with van der Waals surface area (Å²) < 4.78 is 26.1. The number of sulfonamides is 1. The smallest absolute Gasteiger partial charge is 0.272 e. The third-order valence-corrected chi connectivity index (χ3v) is 6.12. The first-order chi connectivity index (χ1) is 10.8. The first-order valence-corrected chi connectivity index (χ1v) is 9.24. The number of rotatable bonds is 6. The van der Waals surface area contributed by atoms with E-state index in [-0.39, 0.29) is 28.3 Å². The fourth-order valence-corrected chi connectivity index (χ4v) is 4.00. The number of amides is 1. The predicted octanol–water partition coefficient (Wildman–Crippen LogP) is 2.02. The maximum Gasteiger partial charge on any atom is 0.272 e. The van der Waals surface area contributed by atoms with Gasteiger partial charge in [0.25, 0.3) is 10.0 Å². The van der Waals surface area contributed by atoms with Crippen LogP contribution in [0.4, 0.5) is 5.13 Å². The Hall–Kier alpha value is -1.84. The van der Waals surface area contributed by atoms with Crippen LogP contribution in [0, 0.1) is 6.92 Å². The zero-order chi connectivity index (χ0) is 17.0. The van der Waals surface area contributed by atoms with Crippen LogP contribution in [0.1, 0.15) is 24.5 Å². The number of nitrogens with one attached hydrogen (secondary N) is 1. The van der Waals surface area contributed by atoms with Crippen molar-refractivity contribution in [3.63, 3.8) is 0 Å². The Bertz CT molecular complexity index is 785. The molecule has 0 unspecified atom stereocenters. The average Bonchev–Trinajstić information content (AvgIpc) is 2.98. The number of benzene rings is 1. The molecule has 0 fully saturated rings. The van der Waals surface area contributed by atoms with Crippen molar-refractivity contribution in [2.75, 3.05) is 12.4 Å². The van der Waals surface area contributed by atoms with Gasteiger partial charge >= 0.3 is 0 Å². The SMILES string of the molecule is CCC(=O)Nc1nnc(S(=O)(=O)N(C)Cc2ccc(C)cc2)s1. The van der Waals surface area contributed by atoms with Crippen molar-refractivity contribution in [1.29, 1.82) is 0 Å². The van der Waals surface area contributed by atoms with Crippen LogP contribution in [0.25, 0.3) is 0 Å². The molecule has 0 atom stereocenters. The molecule has 7 nitrogen and oxygen atoms in total. The molecule has 1 amide bonds. The number of carbonyl (C=O) groups excluding carboxylic acids is 1. The second-order valence-electron chi connectivity index (χ2n) is 5.02. The van der Waals surface area contributed by atoms with Crippen LogP contribution in [0.15, 0.2) is 28.6 Å². The molecule has 2 aromatic rings. The number of hydrogen-bond acceptors (Lipinski definition) is 6. The van der Waals surface area contributed by atoms with Crippen LogP contribution in [-0.4, -0.2) is 35.9 Å². The summed E-state index contributed by atoms with van der Waals surface area (Å²) in [6.07, 6.45) is 0.287. The lowest BCUT2D eigenvalue weighted by Gasteiger charge is -2.15. The molecule has 1 aromatic heterocycles. The zero-order valence-corrected chi connectivity index (χ0v) is 14.7. The molecule has 0 saturated carbocycles. The Morgan fingerprint density at radius 1 is 1.26 bits per heavy atom. The minimum Gasteiger partial charge on any atom is -0.301 e. The molecule has 1 aromatic carbocycles. The van der Waals surface area contributed by atoms with Gasteiger partial charge in [-0.3, -0.25) is 4.79 Å². The molecule has 1 heterocycles. The van der Waals surface area contributed by atoms with Gasteiger partial charge in [0.05, 0.1) is 0 Å². The molecule has 0 bridgehead atoms. The van der Waals surface area contributed by atoms with Gasteiger partial charge in [-0.15, -0.1) is 10.2 Å². The van der Waals surface area contributed by atoms with Crippen LogP contribution in [0.2, 0.25) is 0 Å². The second-order valence-corrected chi connectivity index (χ2v) is 8.22. The predicted molar refractivity (Wildman–Crippen MR) is 88.7 cm³/mol. The molecule has 2 rings (SSSR count). The van der Waals surface area contributed by atoms with E-state index in [2.05, 4.69) is 15.5 Å². The van der Waals surface area contributed by atoms with Crippen molar-refractivity contribution in [1.82, 2.24) is 14.5 Å². The first-order valence-electron chi connectivity index (χ1n) is 6.98. The highest BCUT2D eigenvalue weighted by Gasteiger charge is 2.26. The van der Waals surface area contributed by atoms with Gasteiger partial charge in [-0.1, -0.05) is 48.1 Å². The van der Waals surface area contributed by atoms with Gasteiger partial charge in [0.15, 0.2) is 0 Å². The highest BCUT2D eigenvalue weighted by atomic mass is 32.2. The lowest BCUT2D eigenvalue weighted by molar-refractivity contribution is -0.115. The van der Waals surface area contributed by atoms with Gasteiger partial charge in [-0.05, 0) is 12.5 Å². The first kappa shape index (κ1) is 17.5. The monoisotopic (exact) mass is 354 g/mol. The lowest BCUT2D eigenvalue weighted by Crippen LogP contribution is -2.26. The van der Waals surface area contributed by atoms with E-state index in [0.717, 1.165) is 22.5 Å². The molecule has 9 heteroatoms. The number of carbonyl (C=O) groups is 1. The summed E-state index contributed by atoms with van der Waals surface area (Å²) in [5.41, 5.74) is 1.99. The van der Waals surface area contributed by atoms with E-state index in [4.69, 9.17) is 0 Å². The third kappa shape index (κ3) is 4.34. The Morgan fingerprint density at radius 2 is 1.91 bits per heavy atom. The molecular weight excluding hydrogens is 336 g/mol. The molecular formula is C14H18N4O3S2. The quantitative estimate of drug-likeness (QED) is 0.801. The Labute approximate surface area is 139 Å². The maximum atomic E-state index is 12.5. The Morgan fingerprint density at radius 3 is 2.52 bits per heavy atom. The van der Waals surface area contributed by atoms with Crippen LogP contribution in [-0.2, 0) is 21.4 Å². The molecule has 0 radical (unpaired) electrons. The van der Waals surface area contributed by atoms with Gasteiger partial charge in [0.2, 0.25) is 15.4 Å². The zero-order valence-electron chi connectivity index (χ0n) is 13.1. The molecule has 124 valence electrons. The fourth-order valence-electron chi connectivity index (χ4n) is 1.74. The lowest BCUT2D eigenvalue weighted by atomic mass is 10.1. The van der Waals surface area contributed by atoms with Crippen LogP contribution >= 0.6 is 11.3 Å². The third-order valence-electron chi connectivity index (χ3n) is 3.13. The summed E-state index contributed by atoms with van der Waals surface area (Å²) in [6.45, 7) is 3.90. The van der Waals surface area contributed by atoms with Crippen LogP contribution in [0.3, 0.4) is 0 Å². The molecule has 0 aliphatic rings. The number of anilines is 1. The van der Waals surface area contributed by atoms with Gasteiger partial charge in [-0.25, -0.2) is 8.42 Å². The number of hydrogen-bond donors (Lipinski definition) is 1. The maximum absolute atomic E-state index is 12.5.